The highest BCUT2D eigenvalue weighted by molar-refractivity contribution is 5.22. The highest BCUT2D eigenvalue weighted by Gasteiger charge is 2.35. The molecule has 1 saturated heterocycles. The molecule has 1 heterocycles. The van der Waals surface area contributed by atoms with Gasteiger partial charge in [0.1, 0.15) is 0 Å². The molecule has 1 fully saturated rings. The summed E-state index contributed by atoms with van der Waals surface area (Å²) in [6, 6.07) is 9.62. The molecule has 112 valence electrons. The van der Waals surface area contributed by atoms with Gasteiger partial charge in [0.15, 0.2) is 0 Å². The van der Waals surface area contributed by atoms with E-state index in [1.807, 2.05) is 0 Å². The summed E-state index contributed by atoms with van der Waals surface area (Å²) in [5, 5.41) is 3.82. The summed E-state index contributed by atoms with van der Waals surface area (Å²) in [4.78, 5) is 2.69. The van der Waals surface area contributed by atoms with Crippen molar-refractivity contribution in [2.24, 2.45) is 0 Å². The second-order valence-electron chi connectivity index (χ2n) is 6.32. The smallest absolute Gasteiger partial charge is 0.0304 e. The Hall–Kier alpha value is -0.860. The van der Waals surface area contributed by atoms with Crippen LogP contribution in [0.15, 0.2) is 24.3 Å². The molecule has 1 atom stereocenters. The Labute approximate surface area is 124 Å². The first-order valence-electron chi connectivity index (χ1n) is 8.17. The molecule has 1 aromatic rings. The molecular weight excluding hydrogens is 244 g/mol. The molecule has 2 rings (SSSR count). The Balaban J connectivity index is 2.13. The topological polar surface area (TPSA) is 15.3 Å². The third-order valence-electron chi connectivity index (χ3n) is 5.03. The highest BCUT2D eigenvalue weighted by atomic mass is 15.2. The van der Waals surface area contributed by atoms with Gasteiger partial charge in [0.25, 0.3) is 0 Å². The lowest BCUT2D eigenvalue weighted by Crippen LogP contribution is -2.63. The number of nitrogens with one attached hydrogen (secondary N) is 1. The van der Waals surface area contributed by atoms with Crippen LogP contribution in [0.1, 0.15) is 51.2 Å². The molecule has 1 aromatic carbocycles. The van der Waals surface area contributed by atoms with Crippen molar-refractivity contribution < 1.29 is 0 Å². The fraction of sp³-hybridized carbons (Fsp3) is 0.667. The highest BCUT2D eigenvalue weighted by Crippen LogP contribution is 2.25. The average molecular weight is 274 g/mol. The molecule has 20 heavy (non-hydrogen) atoms. The zero-order valence-electron chi connectivity index (χ0n) is 13.6. The van der Waals surface area contributed by atoms with Gasteiger partial charge in [-0.3, -0.25) is 4.90 Å². The van der Waals surface area contributed by atoms with E-state index in [0.29, 0.717) is 11.6 Å². The van der Waals surface area contributed by atoms with Gasteiger partial charge in [0, 0.05) is 31.2 Å². The number of piperazine rings is 1. The summed E-state index contributed by atoms with van der Waals surface area (Å²) >= 11 is 0. The molecule has 0 amide bonds. The van der Waals surface area contributed by atoms with E-state index >= 15 is 0 Å². The third-order valence-corrected chi connectivity index (χ3v) is 5.03. The van der Waals surface area contributed by atoms with Crippen LogP contribution < -0.4 is 5.32 Å². The summed E-state index contributed by atoms with van der Waals surface area (Å²) in [6.45, 7) is 12.5. The van der Waals surface area contributed by atoms with Crippen LogP contribution in [0.3, 0.4) is 0 Å². The Kier molecular flexibility index (Phi) is 5.22. The van der Waals surface area contributed by atoms with Crippen LogP contribution in [-0.2, 0) is 6.54 Å². The van der Waals surface area contributed by atoms with Gasteiger partial charge in [-0.05, 0) is 31.7 Å². The van der Waals surface area contributed by atoms with Crippen LogP contribution >= 0.6 is 0 Å². The fourth-order valence-corrected chi connectivity index (χ4v) is 3.39. The molecule has 1 N–H and O–H groups in total. The minimum Gasteiger partial charge on any atom is -0.308 e. The van der Waals surface area contributed by atoms with Crippen LogP contribution in [-0.4, -0.2) is 29.6 Å². The SMILES string of the molecule is CCC1CNC(CC)(CC)CN1Cc1cccc(C)c1. The monoisotopic (exact) mass is 274 g/mol. The normalized spacial score (nSPS) is 22.9. The van der Waals surface area contributed by atoms with Crippen LogP contribution in [0.5, 0.6) is 0 Å². The van der Waals surface area contributed by atoms with Crippen molar-refractivity contribution in [3.05, 3.63) is 35.4 Å². The molecule has 1 aliphatic rings. The Morgan fingerprint density at radius 3 is 2.60 bits per heavy atom. The second-order valence-corrected chi connectivity index (χ2v) is 6.32. The van der Waals surface area contributed by atoms with Crippen LogP contribution in [0.4, 0.5) is 0 Å². The van der Waals surface area contributed by atoms with Gasteiger partial charge in [-0.2, -0.15) is 0 Å². The van der Waals surface area contributed by atoms with Gasteiger partial charge in [-0.25, -0.2) is 0 Å². The maximum absolute atomic E-state index is 3.82. The molecule has 0 saturated carbocycles. The second kappa shape index (κ2) is 6.73. The van der Waals surface area contributed by atoms with Crippen molar-refractivity contribution in [2.75, 3.05) is 13.1 Å². The van der Waals surface area contributed by atoms with Gasteiger partial charge in [-0.15, -0.1) is 0 Å². The zero-order chi connectivity index (χ0) is 14.6. The summed E-state index contributed by atoms with van der Waals surface area (Å²) in [5.74, 6) is 0. The van der Waals surface area contributed by atoms with E-state index in [0.717, 1.165) is 13.1 Å². The molecule has 0 aliphatic carbocycles. The van der Waals surface area contributed by atoms with Crippen molar-refractivity contribution in [2.45, 2.75) is 65.1 Å². The summed E-state index contributed by atoms with van der Waals surface area (Å²) in [6.07, 6.45) is 3.65. The maximum Gasteiger partial charge on any atom is 0.0304 e. The number of rotatable bonds is 5. The minimum absolute atomic E-state index is 0.315. The summed E-state index contributed by atoms with van der Waals surface area (Å²) in [5.41, 5.74) is 3.13. The van der Waals surface area contributed by atoms with Gasteiger partial charge < -0.3 is 5.32 Å². The van der Waals surface area contributed by atoms with Crippen LogP contribution in [0.2, 0.25) is 0 Å². The quantitative estimate of drug-likeness (QED) is 0.880. The van der Waals surface area contributed by atoms with Crippen molar-refractivity contribution in [3.63, 3.8) is 0 Å². The number of nitrogens with zero attached hydrogens (tertiary/aromatic N) is 1. The molecule has 1 aliphatic heterocycles. The molecular formula is C18H30N2. The van der Waals surface area contributed by atoms with Crippen LogP contribution in [0, 0.1) is 6.92 Å². The third kappa shape index (κ3) is 3.42. The van der Waals surface area contributed by atoms with Gasteiger partial charge >= 0.3 is 0 Å². The molecule has 1 unspecified atom stereocenters. The minimum atomic E-state index is 0.315. The average Bonchev–Trinajstić information content (AvgIpc) is 2.47. The first-order chi connectivity index (χ1) is 9.62. The Bertz CT molecular complexity index is 423. The molecule has 0 aromatic heterocycles. The van der Waals surface area contributed by atoms with Crippen molar-refractivity contribution in [1.82, 2.24) is 10.2 Å². The lowest BCUT2D eigenvalue weighted by molar-refractivity contribution is 0.0643. The first-order valence-corrected chi connectivity index (χ1v) is 8.17. The van der Waals surface area contributed by atoms with E-state index in [2.05, 4.69) is 62.2 Å². The lowest BCUT2D eigenvalue weighted by atomic mass is 9.88. The van der Waals surface area contributed by atoms with Crippen LogP contribution in [0.25, 0.3) is 0 Å². The van der Waals surface area contributed by atoms with Gasteiger partial charge in [-0.1, -0.05) is 50.6 Å². The summed E-state index contributed by atoms with van der Waals surface area (Å²) in [7, 11) is 0. The molecule has 0 spiro atoms. The number of benzene rings is 1. The van der Waals surface area contributed by atoms with Crippen molar-refractivity contribution in [3.8, 4) is 0 Å². The summed E-state index contributed by atoms with van der Waals surface area (Å²) < 4.78 is 0. The molecule has 0 radical (unpaired) electrons. The van der Waals surface area contributed by atoms with E-state index in [-0.39, 0.29) is 0 Å². The molecule has 0 bridgehead atoms. The fourth-order valence-electron chi connectivity index (χ4n) is 3.39. The van der Waals surface area contributed by atoms with E-state index in [1.54, 1.807) is 0 Å². The largest absolute Gasteiger partial charge is 0.308 e. The van der Waals surface area contributed by atoms with Crippen molar-refractivity contribution in [1.29, 1.82) is 0 Å². The number of aryl methyl sites for hydroxylation is 1. The van der Waals surface area contributed by atoms with E-state index in [9.17, 15) is 0 Å². The zero-order valence-corrected chi connectivity index (χ0v) is 13.6. The number of hydrogen-bond donors (Lipinski definition) is 1. The van der Waals surface area contributed by atoms with E-state index in [1.165, 1.54) is 36.9 Å². The lowest BCUT2D eigenvalue weighted by Gasteiger charge is -2.47. The Morgan fingerprint density at radius 2 is 2.00 bits per heavy atom. The first kappa shape index (κ1) is 15.5. The predicted molar refractivity (Wildman–Crippen MR) is 87.0 cm³/mol. The van der Waals surface area contributed by atoms with E-state index < -0.39 is 0 Å². The van der Waals surface area contributed by atoms with E-state index in [4.69, 9.17) is 0 Å². The van der Waals surface area contributed by atoms with Crippen molar-refractivity contribution >= 4 is 0 Å². The van der Waals surface area contributed by atoms with Gasteiger partial charge in [0.05, 0.1) is 0 Å². The number of hydrogen-bond acceptors (Lipinski definition) is 2. The maximum atomic E-state index is 3.82. The Morgan fingerprint density at radius 1 is 1.25 bits per heavy atom. The molecule has 2 heteroatoms. The standard InChI is InChI=1S/C18H30N2/c1-5-17-12-19-18(6-2,7-3)14-20(17)13-16-10-8-9-15(4)11-16/h8-11,17,19H,5-7,12-14H2,1-4H3. The predicted octanol–water partition coefficient (Wildman–Crippen LogP) is 3.74. The molecule has 2 nitrogen and oxygen atoms in total. The van der Waals surface area contributed by atoms with Gasteiger partial charge in [0.2, 0.25) is 0 Å².